The molecule has 2 aliphatic rings. The number of pyridine rings is 2. The third kappa shape index (κ3) is 4.53. The Morgan fingerprint density at radius 1 is 0.629 bits per heavy atom. The predicted octanol–water partition coefficient (Wildman–Crippen LogP) is 4.64. The third-order valence-corrected chi connectivity index (χ3v) is 6.54. The van der Waals surface area contributed by atoms with E-state index in [0.29, 0.717) is 33.3 Å². The number of rotatable bonds is 0. The van der Waals surface area contributed by atoms with Crippen molar-refractivity contribution in [1.29, 1.82) is 0 Å². The number of ketones is 2. The van der Waals surface area contributed by atoms with Gasteiger partial charge in [-0.05, 0) is 78.3 Å². The Kier molecular flexibility index (Phi) is 6.05. The zero-order chi connectivity index (χ0) is 24.5. The fourth-order valence-corrected chi connectivity index (χ4v) is 4.79. The molecule has 7 heteroatoms. The van der Waals surface area contributed by atoms with Crippen LogP contribution in [0, 0.1) is 0 Å². The summed E-state index contributed by atoms with van der Waals surface area (Å²) in [5.41, 5.74) is 19.1. The molecule has 2 heterocycles. The summed E-state index contributed by atoms with van der Waals surface area (Å²) in [5.74, 6) is -0.0396. The molecule has 6 rings (SSSR count). The molecule has 0 atom stereocenters. The average Bonchev–Trinajstić information content (AvgIpc) is 3.08. The zero-order valence-electron chi connectivity index (χ0n) is 18.9. The highest BCUT2D eigenvalue weighted by Crippen LogP contribution is 2.27. The fourth-order valence-electron chi connectivity index (χ4n) is 4.59. The maximum Gasteiger partial charge on any atom is 0.211 e. The summed E-state index contributed by atoms with van der Waals surface area (Å²) in [5, 5.41) is 0.653. The fraction of sp³-hybridized carbons (Fsp3) is 0.143. The number of hydrogen-bond acceptors (Lipinski definition) is 6. The van der Waals surface area contributed by atoms with Crippen LogP contribution in [0.3, 0.4) is 0 Å². The molecule has 0 saturated carbocycles. The third-order valence-electron chi connectivity index (χ3n) is 6.31. The van der Waals surface area contributed by atoms with Gasteiger partial charge < -0.3 is 11.5 Å². The molecule has 0 unspecified atom stereocenters. The largest absolute Gasteiger partial charge is 0.397 e. The summed E-state index contributed by atoms with van der Waals surface area (Å²) in [6.45, 7) is 0. The normalized spacial score (nSPS) is 13.7. The minimum atomic E-state index is -0.0471. The van der Waals surface area contributed by atoms with Gasteiger partial charge in [-0.1, -0.05) is 35.9 Å². The Bertz CT molecular complexity index is 1430. The lowest BCUT2D eigenvalue weighted by molar-refractivity contribution is 0.102. The van der Waals surface area contributed by atoms with E-state index in [-0.39, 0.29) is 11.6 Å². The van der Waals surface area contributed by atoms with Crippen molar-refractivity contribution in [3.05, 3.63) is 117 Å². The van der Waals surface area contributed by atoms with Crippen molar-refractivity contribution in [2.75, 3.05) is 11.5 Å². The molecule has 0 spiro atoms. The van der Waals surface area contributed by atoms with Gasteiger partial charge in [0.1, 0.15) is 11.4 Å². The molecule has 174 valence electrons. The molecule has 2 aliphatic carbocycles. The molecule has 0 radical (unpaired) electrons. The second-order valence-electron chi connectivity index (χ2n) is 8.67. The van der Waals surface area contributed by atoms with E-state index in [1.165, 1.54) is 6.20 Å². The van der Waals surface area contributed by atoms with Gasteiger partial charge >= 0.3 is 0 Å². The molecule has 2 aromatic carbocycles. The second kappa shape index (κ2) is 9.31. The van der Waals surface area contributed by atoms with Crippen molar-refractivity contribution in [3.8, 4) is 0 Å². The van der Waals surface area contributed by atoms with E-state index in [1.807, 2.05) is 42.5 Å². The monoisotopic (exact) mass is 482 g/mol. The average molecular weight is 483 g/mol. The number of hydrogen-bond donors (Lipinski definition) is 2. The van der Waals surface area contributed by atoms with Crippen LogP contribution in [0.2, 0.25) is 5.02 Å². The second-order valence-corrected chi connectivity index (χ2v) is 9.11. The van der Waals surface area contributed by atoms with Crippen LogP contribution in [0.4, 0.5) is 11.4 Å². The number of benzene rings is 2. The van der Waals surface area contributed by atoms with Gasteiger partial charge in [0.05, 0.1) is 23.8 Å². The smallest absolute Gasteiger partial charge is 0.211 e. The molecule has 4 N–H and O–H groups in total. The Hall–Kier alpha value is -4.03. The van der Waals surface area contributed by atoms with Crippen LogP contribution in [0.25, 0.3) is 0 Å². The number of nitrogens with two attached hydrogens (primary N) is 2. The van der Waals surface area contributed by atoms with Crippen molar-refractivity contribution < 1.29 is 9.59 Å². The maximum absolute atomic E-state index is 12.4. The van der Waals surface area contributed by atoms with Crippen LogP contribution >= 0.6 is 11.6 Å². The summed E-state index contributed by atoms with van der Waals surface area (Å²) < 4.78 is 0. The lowest BCUT2D eigenvalue weighted by atomic mass is 10.0. The highest BCUT2D eigenvalue weighted by molar-refractivity contribution is 6.30. The molecule has 0 bridgehead atoms. The topological polar surface area (TPSA) is 112 Å². The summed E-state index contributed by atoms with van der Waals surface area (Å²) >= 11 is 5.97. The van der Waals surface area contributed by atoms with Crippen molar-refractivity contribution >= 4 is 34.5 Å². The van der Waals surface area contributed by atoms with E-state index >= 15 is 0 Å². The molecule has 2 aromatic heterocycles. The highest BCUT2D eigenvalue weighted by Gasteiger charge is 2.23. The van der Waals surface area contributed by atoms with Gasteiger partial charge in [-0.15, -0.1) is 0 Å². The van der Waals surface area contributed by atoms with E-state index in [2.05, 4.69) is 9.97 Å². The predicted molar refractivity (Wildman–Crippen MR) is 137 cm³/mol. The molecule has 6 nitrogen and oxygen atoms in total. The molecular weight excluding hydrogens is 460 g/mol. The van der Waals surface area contributed by atoms with Crippen LogP contribution in [0.15, 0.2) is 67.0 Å². The van der Waals surface area contributed by atoms with Gasteiger partial charge in [-0.3, -0.25) is 19.6 Å². The Balaban J connectivity index is 0.000000145. The first-order valence-corrected chi connectivity index (χ1v) is 11.7. The summed E-state index contributed by atoms with van der Waals surface area (Å²) in [4.78, 5) is 33.1. The minimum Gasteiger partial charge on any atom is -0.397 e. The first-order valence-electron chi connectivity index (χ1n) is 11.3. The number of anilines is 2. The van der Waals surface area contributed by atoms with Gasteiger partial charge in [0, 0.05) is 16.1 Å². The number of nitrogens with zero attached hydrogens (tertiary/aromatic N) is 2. The first kappa shape index (κ1) is 22.7. The van der Waals surface area contributed by atoms with Gasteiger partial charge in [-0.25, -0.2) is 0 Å². The van der Waals surface area contributed by atoms with E-state index in [0.717, 1.165) is 53.5 Å². The SMILES string of the molecule is Nc1cnc2c(c1)CCc1cc(Cl)ccc1C2=O.Nc1cnc2c(c1)CCc1ccccc1C2=O. The summed E-state index contributed by atoms with van der Waals surface area (Å²) in [6, 6.07) is 16.8. The number of carbonyl (C=O) groups is 2. The molecule has 0 aliphatic heterocycles. The molecule has 0 fully saturated rings. The summed E-state index contributed by atoms with van der Waals surface area (Å²) in [6.07, 6.45) is 6.28. The van der Waals surface area contributed by atoms with E-state index < -0.39 is 0 Å². The molecule has 4 aromatic rings. The lowest BCUT2D eigenvalue weighted by Gasteiger charge is -2.04. The first-order chi connectivity index (χ1) is 16.9. The number of carbonyl (C=O) groups excluding carboxylic acids is 2. The van der Waals surface area contributed by atoms with Gasteiger partial charge in [0.2, 0.25) is 11.6 Å². The molecule has 0 amide bonds. The number of halogens is 1. The van der Waals surface area contributed by atoms with E-state index in [9.17, 15) is 9.59 Å². The van der Waals surface area contributed by atoms with E-state index in [4.69, 9.17) is 23.1 Å². The number of nitrogen functional groups attached to an aromatic ring is 2. The maximum atomic E-state index is 12.4. The lowest BCUT2D eigenvalue weighted by Crippen LogP contribution is -2.07. The number of fused-ring (bicyclic) bond motifs is 4. The molecular formula is C28H23ClN4O2. The van der Waals surface area contributed by atoms with Crippen LogP contribution in [0.5, 0.6) is 0 Å². The van der Waals surface area contributed by atoms with Crippen molar-refractivity contribution in [2.24, 2.45) is 0 Å². The highest BCUT2D eigenvalue weighted by atomic mass is 35.5. The Morgan fingerprint density at radius 3 is 1.77 bits per heavy atom. The molecule has 0 saturated heterocycles. The number of aryl methyl sites for hydroxylation is 4. The van der Waals surface area contributed by atoms with Crippen LogP contribution in [0.1, 0.15) is 54.4 Å². The zero-order valence-corrected chi connectivity index (χ0v) is 19.7. The van der Waals surface area contributed by atoms with E-state index in [1.54, 1.807) is 18.3 Å². The molecule has 35 heavy (non-hydrogen) atoms. The standard InChI is InChI=1S/C14H11ClN2O.C14H12N2O/c15-10-3-4-12-8(5-10)1-2-9-6-11(16)7-17-13(9)14(12)18;15-11-7-10-6-5-9-3-1-2-4-12(9)14(17)13(10)16-8-11/h3-7H,1-2,16H2;1-4,7-8H,5-6,15H2. The number of aromatic nitrogens is 2. The van der Waals surface area contributed by atoms with Crippen molar-refractivity contribution in [1.82, 2.24) is 9.97 Å². The Labute approximate surface area is 208 Å². The van der Waals surface area contributed by atoms with Gasteiger partial charge in [0.15, 0.2) is 0 Å². The minimum absolute atomic E-state index is 0.00750. The van der Waals surface area contributed by atoms with Gasteiger partial charge in [-0.2, -0.15) is 0 Å². The van der Waals surface area contributed by atoms with Crippen LogP contribution in [-0.2, 0) is 25.7 Å². The Morgan fingerprint density at radius 2 is 1.14 bits per heavy atom. The quantitative estimate of drug-likeness (QED) is 0.377. The van der Waals surface area contributed by atoms with Crippen LogP contribution in [-0.4, -0.2) is 21.5 Å². The van der Waals surface area contributed by atoms with Crippen molar-refractivity contribution in [2.45, 2.75) is 25.7 Å². The van der Waals surface area contributed by atoms with Crippen LogP contribution < -0.4 is 11.5 Å². The summed E-state index contributed by atoms with van der Waals surface area (Å²) in [7, 11) is 0. The van der Waals surface area contributed by atoms with Gasteiger partial charge in [0.25, 0.3) is 0 Å². The van der Waals surface area contributed by atoms with Crippen molar-refractivity contribution in [3.63, 3.8) is 0 Å².